The summed E-state index contributed by atoms with van der Waals surface area (Å²) in [5.74, 6) is 3.17. The fraction of sp³-hybridized carbons (Fsp3) is 0.643. The molecule has 0 fully saturated rings. The van der Waals surface area contributed by atoms with Crippen molar-refractivity contribution in [3.63, 3.8) is 0 Å². The minimum absolute atomic E-state index is 0.0437. The van der Waals surface area contributed by atoms with Crippen LogP contribution in [0.2, 0.25) is 0 Å². The number of carbonyl (C=O) groups excluding carboxylic acids is 4. The third-order valence-corrected chi connectivity index (χ3v) is 8.29. The normalized spacial score (nSPS) is 10.9. The van der Waals surface area contributed by atoms with Crippen molar-refractivity contribution < 1.29 is 19.2 Å². The second-order valence-corrected chi connectivity index (χ2v) is 12.3. The second-order valence-electron chi connectivity index (χ2n) is 9.87. The Bertz CT molecular complexity index is 973. The lowest BCUT2D eigenvalue weighted by Crippen LogP contribution is -2.29. The highest BCUT2D eigenvalue weighted by Gasteiger charge is 2.12. The highest BCUT2D eigenvalue weighted by atomic mass is 32.2. The van der Waals surface area contributed by atoms with E-state index < -0.39 is 0 Å². The molecule has 10 nitrogen and oxygen atoms in total. The van der Waals surface area contributed by atoms with Gasteiger partial charge in [-0.3, -0.25) is 29.4 Å². The Kier molecular flexibility index (Phi) is 17.1. The molecule has 2 aromatic heterocycles. The Labute approximate surface area is 245 Å². The first kappa shape index (κ1) is 33.6. The van der Waals surface area contributed by atoms with Crippen LogP contribution in [0.3, 0.4) is 0 Å². The summed E-state index contributed by atoms with van der Waals surface area (Å²) in [6.45, 7) is 3.75. The van der Waals surface area contributed by atoms with E-state index in [1.54, 1.807) is 35.7 Å². The van der Waals surface area contributed by atoms with Gasteiger partial charge in [-0.05, 0) is 50.3 Å². The third-order valence-electron chi connectivity index (χ3n) is 6.15. The van der Waals surface area contributed by atoms with Gasteiger partial charge in [-0.2, -0.15) is 33.7 Å². The van der Waals surface area contributed by atoms with Crippen LogP contribution in [0.1, 0.15) is 96.6 Å². The molecule has 0 aliphatic heterocycles. The zero-order valence-corrected chi connectivity index (χ0v) is 25.4. The van der Waals surface area contributed by atoms with Crippen molar-refractivity contribution in [1.29, 1.82) is 0 Å². The summed E-state index contributed by atoms with van der Waals surface area (Å²) < 4.78 is 0. The van der Waals surface area contributed by atoms with Crippen LogP contribution in [0, 0.1) is 13.8 Å². The van der Waals surface area contributed by atoms with Crippen molar-refractivity contribution in [2.45, 2.75) is 78.1 Å². The lowest BCUT2D eigenvalue weighted by atomic mass is 10.1. The highest BCUT2D eigenvalue weighted by molar-refractivity contribution is 7.99. The first-order valence-corrected chi connectivity index (χ1v) is 16.5. The standard InChI is InChI=1S/C28H44N6O4S2/c1-21-17-25(33-31-21)27(37)29-19-23(35)11-15-39-13-9-7-5-3-4-6-8-10-14-40-16-12-24(36)20-30-28(38)26-18-22(2)32-34-26/h17-18H,3-16,19-20H2,1-2H3,(H,29,37)(H,30,38)(H,31,33)(H,32,34). The molecule has 0 saturated carbocycles. The Morgan fingerprint density at radius 1 is 0.625 bits per heavy atom. The molecule has 0 aliphatic rings. The molecule has 2 heterocycles. The van der Waals surface area contributed by atoms with Gasteiger partial charge in [0.15, 0.2) is 11.6 Å². The summed E-state index contributed by atoms with van der Waals surface area (Å²) in [7, 11) is 0. The Morgan fingerprint density at radius 2 is 1.00 bits per heavy atom. The number of hydrogen-bond acceptors (Lipinski definition) is 8. The van der Waals surface area contributed by atoms with Gasteiger partial charge >= 0.3 is 0 Å². The van der Waals surface area contributed by atoms with Crippen molar-refractivity contribution >= 4 is 46.9 Å². The van der Waals surface area contributed by atoms with Crippen molar-refractivity contribution in [3.8, 4) is 0 Å². The summed E-state index contributed by atoms with van der Waals surface area (Å²) in [6.07, 6.45) is 10.8. The quantitative estimate of drug-likeness (QED) is 0.139. The number of hydrogen-bond donors (Lipinski definition) is 4. The van der Waals surface area contributed by atoms with Crippen molar-refractivity contribution in [2.75, 3.05) is 36.1 Å². The smallest absolute Gasteiger partial charge is 0.272 e. The highest BCUT2D eigenvalue weighted by Crippen LogP contribution is 2.14. The molecule has 4 N–H and O–H groups in total. The molecular formula is C28H44N6O4S2. The van der Waals surface area contributed by atoms with Gasteiger partial charge in [-0.1, -0.05) is 38.5 Å². The molecular weight excluding hydrogens is 548 g/mol. The number of ketones is 2. The summed E-state index contributed by atoms with van der Waals surface area (Å²) in [5.41, 5.74) is 2.23. The molecule has 0 atom stereocenters. The predicted molar refractivity (Wildman–Crippen MR) is 162 cm³/mol. The number of Topliss-reactive ketones (excluding diaryl/α,β-unsaturated/α-hetero) is 2. The molecule has 0 spiro atoms. The van der Waals surface area contributed by atoms with E-state index in [-0.39, 0.29) is 36.5 Å². The van der Waals surface area contributed by atoms with Crippen LogP contribution >= 0.6 is 23.5 Å². The molecule has 40 heavy (non-hydrogen) atoms. The first-order valence-electron chi connectivity index (χ1n) is 14.1. The maximum absolute atomic E-state index is 11.9. The van der Waals surface area contributed by atoms with Crippen molar-refractivity contribution in [3.05, 3.63) is 34.9 Å². The average molecular weight is 593 g/mol. The molecule has 222 valence electrons. The van der Waals surface area contributed by atoms with Crippen LogP contribution < -0.4 is 10.6 Å². The number of amides is 2. The van der Waals surface area contributed by atoms with E-state index in [0.717, 1.165) is 34.4 Å². The van der Waals surface area contributed by atoms with Crippen LogP contribution in [0.4, 0.5) is 0 Å². The number of aryl methyl sites for hydroxylation is 2. The van der Waals surface area contributed by atoms with Crippen molar-refractivity contribution in [2.24, 2.45) is 0 Å². The van der Waals surface area contributed by atoms with Gasteiger partial charge in [0.25, 0.3) is 11.8 Å². The van der Waals surface area contributed by atoms with Crippen LogP contribution in [0.15, 0.2) is 12.1 Å². The zero-order valence-electron chi connectivity index (χ0n) is 23.8. The van der Waals surface area contributed by atoms with Gasteiger partial charge < -0.3 is 10.6 Å². The minimum atomic E-state index is -0.324. The predicted octanol–water partition coefficient (Wildman–Crippen LogP) is 4.42. The third kappa shape index (κ3) is 15.3. The van der Waals surface area contributed by atoms with Crippen LogP contribution in [0.25, 0.3) is 0 Å². The second kappa shape index (κ2) is 20.3. The molecule has 0 aromatic carbocycles. The maximum atomic E-state index is 11.9. The van der Waals surface area contributed by atoms with Crippen LogP contribution in [0.5, 0.6) is 0 Å². The number of H-pyrrole nitrogens is 2. The molecule has 2 aromatic rings. The van der Waals surface area contributed by atoms with Gasteiger partial charge in [0.1, 0.15) is 11.4 Å². The molecule has 0 bridgehead atoms. The summed E-state index contributed by atoms with van der Waals surface area (Å²) >= 11 is 3.61. The van der Waals surface area contributed by atoms with Gasteiger partial charge in [0, 0.05) is 35.7 Å². The molecule has 2 rings (SSSR count). The maximum Gasteiger partial charge on any atom is 0.272 e. The van der Waals surface area contributed by atoms with Crippen LogP contribution in [-0.2, 0) is 9.59 Å². The lowest BCUT2D eigenvalue weighted by Gasteiger charge is -2.05. The molecule has 0 saturated heterocycles. The van der Waals surface area contributed by atoms with Gasteiger partial charge in [-0.25, -0.2) is 0 Å². The van der Waals surface area contributed by atoms with E-state index in [4.69, 9.17) is 0 Å². The van der Waals surface area contributed by atoms with Gasteiger partial charge in [-0.15, -0.1) is 0 Å². The Balaban J connectivity index is 1.28. The number of unbranched alkanes of at least 4 members (excludes halogenated alkanes) is 7. The number of nitrogens with zero attached hydrogens (tertiary/aromatic N) is 2. The molecule has 0 radical (unpaired) electrons. The molecule has 2 amide bonds. The zero-order chi connectivity index (χ0) is 29.0. The van der Waals surface area contributed by atoms with E-state index >= 15 is 0 Å². The van der Waals surface area contributed by atoms with Gasteiger partial charge in [0.05, 0.1) is 13.1 Å². The van der Waals surface area contributed by atoms with Crippen LogP contribution in [-0.4, -0.2) is 79.9 Å². The van der Waals surface area contributed by atoms with Gasteiger partial charge in [0.2, 0.25) is 0 Å². The minimum Gasteiger partial charge on any atom is -0.344 e. The Hall–Kier alpha value is -2.60. The molecule has 0 unspecified atom stereocenters. The topological polar surface area (TPSA) is 150 Å². The summed E-state index contributed by atoms with van der Waals surface area (Å²) in [5, 5.41) is 18.4. The number of aromatic amines is 2. The number of aromatic nitrogens is 4. The number of nitrogens with one attached hydrogen (secondary N) is 4. The lowest BCUT2D eigenvalue weighted by molar-refractivity contribution is -0.118. The van der Waals surface area contributed by atoms with E-state index in [1.807, 2.05) is 13.8 Å². The number of carbonyl (C=O) groups is 4. The summed E-state index contributed by atoms with van der Waals surface area (Å²) in [6, 6.07) is 3.31. The van der Waals surface area contributed by atoms with E-state index in [2.05, 4.69) is 31.0 Å². The monoisotopic (exact) mass is 592 g/mol. The average Bonchev–Trinajstić information content (AvgIpc) is 3.58. The fourth-order valence-corrected chi connectivity index (χ4v) is 5.80. The van der Waals surface area contributed by atoms with E-state index in [0.29, 0.717) is 24.2 Å². The summed E-state index contributed by atoms with van der Waals surface area (Å²) in [4.78, 5) is 47.7. The van der Waals surface area contributed by atoms with E-state index in [9.17, 15) is 19.2 Å². The fourth-order valence-electron chi connectivity index (χ4n) is 3.83. The number of thioether (sulfide) groups is 2. The molecule has 0 aliphatic carbocycles. The molecule has 12 heteroatoms. The largest absolute Gasteiger partial charge is 0.344 e. The number of rotatable bonds is 23. The first-order chi connectivity index (χ1) is 19.3. The SMILES string of the molecule is Cc1cc(C(=O)NCC(=O)CCSCCCCCCCCCCSCCC(=O)CNC(=O)c2cc(C)[nH]n2)n[nH]1. The van der Waals surface area contributed by atoms with E-state index in [1.165, 1.54) is 51.4 Å². The Morgan fingerprint density at radius 3 is 1.35 bits per heavy atom. The van der Waals surface area contributed by atoms with Crippen molar-refractivity contribution in [1.82, 2.24) is 31.0 Å².